The van der Waals surface area contributed by atoms with Crippen LogP contribution in [0.15, 0.2) is 24.0 Å². The molecular formula is C24H29FO12. The Morgan fingerprint density at radius 2 is 1.51 bits per heavy atom. The molecule has 0 bridgehead atoms. The highest BCUT2D eigenvalue weighted by Gasteiger charge is 2.53. The van der Waals surface area contributed by atoms with Gasteiger partial charge in [-0.1, -0.05) is 6.07 Å². The summed E-state index contributed by atoms with van der Waals surface area (Å²) in [4.78, 5) is 47.1. The van der Waals surface area contributed by atoms with Crippen molar-refractivity contribution in [2.75, 3.05) is 20.3 Å². The zero-order valence-corrected chi connectivity index (χ0v) is 20.9. The first-order valence-electron chi connectivity index (χ1n) is 11.1. The Kier molecular flexibility index (Phi) is 10.8. The van der Waals surface area contributed by atoms with Crippen molar-refractivity contribution < 1.29 is 61.8 Å². The first kappa shape index (κ1) is 29.5. The smallest absolute Gasteiger partial charge is 0.303 e. The minimum absolute atomic E-state index is 0.0601. The summed E-state index contributed by atoms with van der Waals surface area (Å²) < 4.78 is 51.6. The van der Waals surface area contributed by atoms with E-state index < -0.39 is 73.6 Å². The van der Waals surface area contributed by atoms with Gasteiger partial charge in [-0.3, -0.25) is 19.2 Å². The lowest BCUT2D eigenvalue weighted by molar-refractivity contribution is -0.288. The number of halogens is 1. The Morgan fingerprint density at radius 3 is 2.05 bits per heavy atom. The molecule has 0 spiro atoms. The van der Waals surface area contributed by atoms with Gasteiger partial charge in [-0.05, 0) is 23.8 Å². The first-order valence-corrected chi connectivity index (χ1v) is 11.1. The van der Waals surface area contributed by atoms with Crippen LogP contribution < -0.4 is 9.47 Å². The van der Waals surface area contributed by atoms with Crippen molar-refractivity contribution in [1.29, 1.82) is 0 Å². The van der Waals surface area contributed by atoms with Gasteiger partial charge in [0.1, 0.15) is 18.5 Å². The Morgan fingerprint density at radius 1 is 0.919 bits per heavy atom. The van der Waals surface area contributed by atoms with Gasteiger partial charge in [-0.15, -0.1) is 0 Å². The maximum absolute atomic E-state index is 13.5. The predicted molar refractivity (Wildman–Crippen MR) is 122 cm³/mol. The van der Waals surface area contributed by atoms with Crippen molar-refractivity contribution >= 4 is 30.0 Å². The summed E-state index contributed by atoms with van der Waals surface area (Å²) in [5, 5.41) is 8.91. The highest BCUT2D eigenvalue weighted by Crippen LogP contribution is 2.35. The second-order valence-electron chi connectivity index (χ2n) is 7.85. The highest BCUT2D eigenvalue weighted by molar-refractivity contribution is 5.68. The molecule has 1 N–H and O–H groups in total. The molecule has 1 aliphatic rings. The van der Waals surface area contributed by atoms with E-state index in [-0.39, 0.29) is 11.5 Å². The van der Waals surface area contributed by atoms with Crippen molar-refractivity contribution in [1.82, 2.24) is 0 Å². The largest absolute Gasteiger partial charge is 0.493 e. The number of esters is 4. The van der Waals surface area contributed by atoms with Crippen LogP contribution in [0.5, 0.6) is 11.5 Å². The van der Waals surface area contributed by atoms with Gasteiger partial charge < -0.3 is 38.3 Å². The average Bonchev–Trinajstić information content (AvgIpc) is 2.81. The molecule has 0 amide bonds. The van der Waals surface area contributed by atoms with Crippen molar-refractivity contribution in [2.45, 2.75) is 58.4 Å². The number of ether oxygens (including phenoxy) is 7. The van der Waals surface area contributed by atoms with Crippen LogP contribution in [0.25, 0.3) is 6.08 Å². The molecule has 1 fully saturated rings. The summed E-state index contributed by atoms with van der Waals surface area (Å²) in [6.45, 7) is 3.26. The van der Waals surface area contributed by atoms with Gasteiger partial charge in [0, 0.05) is 27.7 Å². The maximum Gasteiger partial charge on any atom is 0.303 e. The second-order valence-corrected chi connectivity index (χ2v) is 7.85. The fourth-order valence-corrected chi connectivity index (χ4v) is 3.51. The summed E-state index contributed by atoms with van der Waals surface area (Å²) >= 11 is 0. The Balaban J connectivity index is 2.51. The molecule has 12 nitrogen and oxygen atoms in total. The Hall–Kier alpha value is -3.71. The van der Waals surface area contributed by atoms with E-state index in [9.17, 15) is 23.6 Å². The molecule has 2 rings (SSSR count). The zero-order valence-electron chi connectivity index (χ0n) is 20.9. The summed E-state index contributed by atoms with van der Waals surface area (Å²) in [6.07, 6.45) is -5.75. The van der Waals surface area contributed by atoms with Crippen LogP contribution in [-0.2, 0) is 42.9 Å². The monoisotopic (exact) mass is 528 g/mol. The molecule has 1 aromatic rings. The number of methoxy groups -OCH3 is 1. The fourth-order valence-electron chi connectivity index (χ4n) is 3.51. The van der Waals surface area contributed by atoms with E-state index in [1.807, 2.05) is 0 Å². The molecule has 0 unspecified atom stereocenters. The van der Waals surface area contributed by atoms with Gasteiger partial charge in [0.15, 0.2) is 23.7 Å². The van der Waals surface area contributed by atoms with E-state index >= 15 is 0 Å². The predicted octanol–water partition coefficient (Wildman–Crippen LogP) is 1.46. The molecule has 1 aliphatic heterocycles. The summed E-state index contributed by atoms with van der Waals surface area (Å²) in [6, 6.07) is 4.28. The van der Waals surface area contributed by atoms with E-state index in [0.717, 1.165) is 33.8 Å². The van der Waals surface area contributed by atoms with E-state index in [0.29, 0.717) is 5.56 Å². The number of carbonyl (C=O) groups excluding carboxylic acids is 4. The fraction of sp³-hybridized carbons (Fsp3) is 0.500. The quantitative estimate of drug-likeness (QED) is 0.345. The second kappa shape index (κ2) is 13.6. The average molecular weight is 528 g/mol. The van der Waals surface area contributed by atoms with Gasteiger partial charge in [-0.2, -0.15) is 0 Å². The van der Waals surface area contributed by atoms with Gasteiger partial charge in [-0.25, -0.2) is 4.39 Å². The molecule has 5 atom stereocenters. The minimum Gasteiger partial charge on any atom is -0.493 e. The van der Waals surface area contributed by atoms with Crippen LogP contribution >= 0.6 is 0 Å². The minimum atomic E-state index is -1.47. The molecule has 1 aromatic carbocycles. The maximum atomic E-state index is 13.5. The number of carbonyl (C=O) groups is 4. The van der Waals surface area contributed by atoms with Gasteiger partial charge >= 0.3 is 23.9 Å². The number of hydrogen-bond acceptors (Lipinski definition) is 12. The summed E-state index contributed by atoms with van der Waals surface area (Å²) in [7, 11) is 1.32. The first-order chi connectivity index (χ1) is 17.4. The number of rotatable bonds is 10. The molecule has 13 heteroatoms. The van der Waals surface area contributed by atoms with E-state index in [4.69, 9.17) is 38.3 Å². The molecule has 1 saturated heterocycles. The topological polar surface area (TPSA) is 153 Å². The number of aliphatic hydroxyl groups excluding tert-OH is 1. The van der Waals surface area contributed by atoms with Crippen LogP contribution in [0.4, 0.5) is 4.39 Å². The third kappa shape index (κ3) is 8.72. The lowest BCUT2D eigenvalue weighted by Gasteiger charge is -2.44. The van der Waals surface area contributed by atoms with Crippen LogP contribution in [0.3, 0.4) is 0 Å². The van der Waals surface area contributed by atoms with Crippen LogP contribution in [0, 0.1) is 0 Å². The van der Waals surface area contributed by atoms with Crippen LogP contribution in [0.1, 0.15) is 33.3 Å². The van der Waals surface area contributed by atoms with Crippen molar-refractivity contribution in [2.24, 2.45) is 0 Å². The van der Waals surface area contributed by atoms with Crippen molar-refractivity contribution in [3.05, 3.63) is 29.6 Å². The number of aliphatic hydroxyl groups is 1. The van der Waals surface area contributed by atoms with Gasteiger partial charge in [0.2, 0.25) is 12.4 Å². The SMILES string of the molecule is COc1cc(/C=C(\F)CO)ccc1O[C@@H]1O[C@H](COC(C)=O)[C@@H](OC(C)=O)[C@H](OC(C)=O)[C@H]1OC(C)=O. The van der Waals surface area contributed by atoms with E-state index in [1.165, 1.54) is 25.3 Å². The standard InChI is InChI=1S/C24H29FO12/c1-12(27)32-11-20-21(33-13(2)28)22(34-14(3)29)23(35-15(4)30)24(37-20)36-18-7-6-16(8-17(25)10-26)9-19(18)31-5/h6-9,20-24,26H,10-11H2,1-5H3/b17-8-/t20-,21-,22+,23-,24-/m1/s1. The third-order valence-corrected chi connectivity index (χ3v) is 4.85. The van der Waals surface area contributed by atoms with Crippen molar-refractivity contribution in [3.8, 4) is 11.5 Å². The van der Waals surface area contributed by atoms with Crippen LogP contribution in [-0.4, -0.2) is 80.0 Å². The summed E-state index contributed by atoms with van der Waals surface area (Å²) in [5.41, 5.74) is 0.345. The third-order valence-electron chi connectivity index (χ3n) is 4.85. The van der Waals surface area contributed by atoms with Gasteiger partial charge in [0.05, 0.1) is 13.7 Å². The highest BCUT2D eigenvalue weighted by atomic mass is 19.1. The number of hydrogen-bond donors (Lipinski definition) is 1. The molecule has 0 aliphatic carbocycles. The van der Waals surface area contributed by atoms with Gasteiger partial charge in [0.25, 0.3) is 0 Å². The molecule has 0 aromatic heterocycles. The molecule has 0 saturated carbocycles. The molecule has 0 radical (unpaired) electrons. The lowest BCUT2D eigenvalue weighted by Crippen LogP contribution is -2.63. The number of benzene rings is 1. The van der Waals surface area contributed by atoms with Crippen LogP contribution in [0.2, 0.25) is 0 Å². The molecular weight excluding hydrogens is 499 g/mol. The lowest BCUT2D eigenvalue weighted by atomic mass is 9.98. The van der Waals surface area contributed by atoms with E-state index in [1.54, 1.807) is 0 Å². The molecule has 204 valence electrons. The molecule has 1 heterocycles. The Labute approximate surface area is 212 Å². The Bertz CT molecular complexity index is 1020. The summed E-state index contributed by atoms with van der Waals surface area (Å²) in [5.74, 6) is -3.60. The normalized spacial score (nSPS) is 23.4. The zero-order chi connectivity index (χ0) is 27.7. The molecule has 37 heavy (non-hydrogen) atoms. The van der Waals surface area contributed by atoms with E-state index in [2.05, 4.69) is 0 Å². The van der Waals surface area contributed by atoms with Crippen molar-refractivity contribution in [3.63, 3.8) is 0 Å².